The van der Waals surface area contributed by atoms with Crippen molar-refractivity contribution in [1.82, 2.24) is 0 Å². The lowest BCUT2D eigenvalue weighted by Crippen LogP contribution is -2.74. The fourth-order valence-corrected chi connectivity index (χ4v) is 28.9. The number of aryl methyl sites for hydroxylation is 6. The molecular weight excluding hydrogens is 1500 g/mol. The van der Waals surface area contributed by atoms with Gasteiger partial charge in [0.05, 0.1) is 34.1 Å². The number of para-hydroxylation sites is 4. The van der Waals surface area contributed by atoms with Crippen LogP contribution in [0.2, 0.25) is 0 Å². The number of nitrogens with zero attached hydrogens (tertiary/aromatic N) is 2. The fraction of sp³-hybridized carbons (Fsp3) is 0.107. The standard InChI is InChI=1S/C112H90F2N2O2Si2/c1-69(2)89-57-59-95-106(116(104-28-18-26-94-92-24-12-14-30-108(92)118-112(94)104)102-62-44-80(114)66-98(102)78-20-16-22-88(64-78)120(84-51-37-74(8)38-52-84,85-53-39-75(9)40-54-85)86-55-41-76(10)42-56-86)68-100-90(70(3)4)58-60-96-105(67-99(89)109(95)110(96)100)115(103-27-17-25-93-91-23-11-13-29-107(91)117-111(93)103)101-61-43-79(113)65-97(101)77-19-15-21-87(63-77)119(81-45-31-71(5)32-46-81,82-47-33-72(6)34-48-82)83-49-35-73(7)36-50-83/h11-70H,1-10H3. The van der Waals surface area contributed by atoms with E-state index < -0.39 is 16.1 Å². The molecule has 120 heavy (non-hydrogen) atoms. The van der Waals surface area contributed by atoms with Crippen LogP contribution >= 0.6 is 0 Å². The van der Waals surface area contributed by atoms with E-state index in [1.54, 1.807) is 24.3 Å². The van der Waals surface area contributed by atoms with E-state index in [4.69, 9.17) is 8.83 Å². The first-order valence-electron chi connectivity index (χ1n) is 41.8. The minimum atomic E-state index is -3.18. The van der Waals surface area contributed by atoms with E-state index in [2.05, 4.69) is 370 Å². The number of hydrogen-bond acceptors (Lipinski definition) is 4. The zero-order valence-electron chi connectivity index (χ0n) is 69.1. The largest absolute Gasteiger partial charge is 0.454 e. The number of furan rings is 2. The van der Waals surface area contributed by atoms with Crippen LogP contribution in [-0.4, -0.2) is 16.1 Å². The van der Waals surface area contributed by atoms with Crippen molar-refractivity contribution in [3.8, 4) is 22.3 Å². The van der Waals surface area contributed by atoms with E-state index >= 15 is 8.78 Å². The molecule has 0 unspecified atom stereocenters. The van der Waals surface area contributed by atoms with Gasteiger partial charge in [-0.3, -0.25) is 0 Å². The molecule has 0 fully saturated rings. The van der Waals surface area contributed by atoms with Gasteiger partial charge < -0.3 is 18.6 Å². The second-order valence-corrected chi connectivity index (χ2v) is 41.3. The third-order valence-corrected chi connectivity index (χ3v) is 35.0. The van der Waals surface area contributed by atoms with Gasteiger partial charge in [-0.15, -0.1) is 0 Å². The highest BCUT2D eigenvalue weighted by Crippen LogP contribution is 2.56. The van der Waals surface area contributed by atoms with E-state index in [0.717, 1.165) is 121 Å². The predicted molar refractivity (Wildman–Crippen MR) is 509 cm³/mol. The van der Waals surface area contributed by atoms with E-state index in [9.17, 15) is 0 Å². The summed E-state index contributed by atoms with van der Waals surface area (Å²) in [7, 11) is -6.36. The van der Waals surface area contributed by atoms with Gasteiger partial charge in [-0.05, 0) is 211 Å². The molecule has 8 heteroatoms. The van der Waals surface area contributed by atoms with Gasteiger partial charge in [-0.1, -0.05) is 340 Å². The van der Waals surface area contributed by atoms with Gasteiger partial charge in [0.1, 0.15) is 22.8 Å². The molecule has 2 aromatic heterocycles. The summed E-state index contributed by atoms with van der Waals surface area (Å²) in [4.78, 5) is 4.75. The maximum Gasteiger partial charge on any atom is 0.179 e. The molecule has 20 rings (SSSR count). The number of fused-ring (bicyclic) bond motifs is 6. The smallest absolute Gasteiger partial charge is 0.179 e. The summed E-state index contributed by atoms with van der Waals surface area (Å²) in [6.07, 6.45) is 0. The molecule has 0 amide bonds. The Balaban J connectivity index is 0.870. The monoisotopic (exact) mass is 1590 g/mol. The van der Waals surface area contributed by atoms with Gasteiger partial charge in [-0.2, -0.15) is 0 Å². The highest BCUT2D eigenvalue weighted by atomic mass is 28.3. The van der Waals surface area contributed by atoms with Gasteiger partial charge in [0.25, 0.3) is 0 Å². The molecule has 0 atom stereocenters. The zero-order valence-corrected chi connectivity index (χ0v) is 71.1. The summed E-state index contributed by atoms with van der Waals surface area (Å²) < 4.78 is 49.3. The molecule has 18 aromatic carbocycles. The predicted octanol–water partition coefficient (Wildman–Crippen LogP) is 25.8. The lowest BCUT2D eigenvalue weighted by Gasteiger charge is -2.35. The Morgan fingerprint density at radius 2 is 0.550 bits per heavy atom. The van der Waals surface area contributed by atoms with Gasteiger partial charge >= 0.3 is 0 Å². The number of halogens is 2. The zero-order chi connectivity index (χ0) is 82.0. The van der Waals surface area contributed by atoms with Crippen LogP contribution in [0.15, 0.2) is 361 Å². The Morgan fingerprint density at radius 3 is 0.875 bits per heavy atom. The topological polar surface area (TPSA) is 32.8 Å². The fourth-order valence-electron chi connectivity index (χ4n) is 19.5. The minimum absolute atomic E-state index is 0.0404. The molecule has 0 aliphatic heterocycles. The average Bonchev–Trinajstić information content (AvgIpc) is 0.897. The van der Waals surface area contributed by atoms with Crippen LogP contribution in [0.25, 0.3) is 98.4 Å². The van der Waals surface area contributed by atoms with E-state index in [0.29, 0.717) is 22.3 Å². The first kappa shape index (κ1) is 75.3. The molecular formula is C112H90F2N2O2Si2. The first-order valence-corrected chi connectivity index (χ1v) is 45.8. The molecule has 0 N–H and O–H groups in total. The van der Waals surface area contributed by atoms with Crippen molar-refractivity contribution in [2.75, 3.05) is 9.80 Å². The molecule has 0 radical (unpaired) electrons. The molecule has 0 aliphatic rings. The van der Waals surface area contributed by atoms with Crippen LogP contribution in [0.1, 0.15) is 84.0 Å². The van der Waals surface area contributed by atoms with Crippen LogP contribution in [-0.2, 0) is 0 Å². The molecule has 4 nitrogen and oxygen atoms in total. The minimum Gasteiger partial charge on any atom is -0.454 e. The van der Waals surface area contributed by atoms with Crippen molar-refractivity contribution in [1.29, 1.82) is 0 Å². The van der Waals surface area contributed by atoms with Crippen molar-refractivity contribution in [3.05, 3.63) is 408 Å². The van der Waals surface area contributed by atoms with Gasteiger partial charge in [0, 0.05) is 43.4 Å². The molecule has 20 aromatic rings. The molecule has 0 saturated heterocycles. The summed E-state index contributed by atoms with van der Waals surface area (Å²) in [5, 5.41) is 20.1. The SMILES string of the molecule is Cc1ccc([Si](c2ccc(C)cc2)(c2ccc(C)cc2)c2cccc(-c3cc(F)ccc3N(c3cc4c(C(C)C)ccc5c(N(c6ccc(F)cc6-c6cccc([Si](c7ccc(C)cc7)(c7ccc(C)cc7)c7ccc(C)cc7)c6)c6cccc7c6oc6ccccc67)cc6c(C(C)C)ccc3c6c45)c3cccc4c3oc3ccccc34)c2)cc1. The third-order valence-electron chi connectivity index (χ3n) is 25.4. The summed E-state index contributed by atoms with van der Waals surface area (Å²) in [6.45, 7) is 22.1. The number of hydrogen-bond donors (Lipinski definition) is 0. The molecule has 582 valence electrons. The lowest BCUT2D eigenvalue weighted by molar-refractivity contribution is 0.628. The van der Waals surface area contributed by atoms with Crippen molar-refractivity contribution in [3.63, 3.8) is 0 Å². The van der Waals surface area contributed by atoms with Gasteiger partial charge in [-0.25, -0.2) is 8.78 Å². The third kappa shape index (κ3) is 12.4. The van der Waals surface area contributed by atoms with E-state index in [1.165, 1.54) is 74.9 Å². The second-order valence-electron chi connectivity index (χ2n) is 33.7. The van der Waals surface area contributed by atoms with Crippen LogP contribution in [0.3, 0.4) is 0 Å². The van der Waals surface area contributed by atoms with Crippen LogP contribution in [0.5, 0.6) is 0 Å². The number of rotatable bonds is 18. The Labute approximate surface area is 701 Å². The number of benzene rings is 18. The highest BCUT2D eigenvalue weighted by Gasteiger charge is 2.44. The molecule has 0 bridgehead atoms. The summed E-state index contributed by atoms with van der Waals surface area (Å²) in [6, 6.07) is 127. The van der Waals surface area contributed by atoms with Crippen molar-refractivity contribution >= 4 is 168 Å². The quantitative estimate of drug-likeness (QED) is 0.0487. The maximum absolute atomic E-state index is 17.4. The lowest BCUT2D eigenvalue weighted by atomic mass is 9.83. The first-order chi connectivity index (χ1) is 58.4. The summed E-state index contributed by atoms with van der Waals surface area (Å²) in [5.74, 6) is -0.627. The molecule has 2 heterocycles. The Morgan fingerprint density at radius 1 is 0.242 bits per heavy atom. The number of anilines is 6. The Hall–Kier alpha value is -13.5. The second kappa shape index (κ2) is 29.8. The van der Waals surface area contributed by atoms with Gasteiger partial charge in [0.2, 0.25) is 0 Å². The van der Waals surface area contributed by atoms with E-state index in [-0.39, 0.29) is 23.5 Å². The van der Waals surface area contributed by atoms with Crippen LogP contribution in [0.4, 0.5) is 42.9 Å². The van der Waals surface area contributed by atoms with Crippen LogP contribution in [0, 0.1) is 53.2 Å². The molecule has 0 spiro atoms. The molecule has 0 aliphatic carbocycles. The normalized spacial score (nSPS) is 12.2. The molecule has 0 saturated carbocycles. The van der Waals surface area contributed by atoms with Crippen molar-refractivity contribution in [2.24, 2.45) is 0 Å². The average molecular weight is 1590 g/mol. The maximum atomic E-state index is 17.4. The summed E-state index contributed by atoms with van der Waals surface area (Å²) in [5.41, 5.74) is 20.5. The van der Waals surface area contributed by atoms with Crippen molar-refractivity contribution < 1.29 is 17.6 Å². The Bertz CT molecular complexity index is 6710. The highest BCUT2D eigenvalue weighted by molar-refractivity contribution is 7.20. The van der Waals surface area contributed by atoms with Crippen LogP contribution < -0.4 is 51.3 Å². The Kier molecular flexibility index (Phi) is 18.7. The van der Waals surface area contributed by atoms with E-state index in [1.807, 2.05) is 36.4 Å². The summed E-state index contributed by atoms with van der Waals surface area (Å²) >= 11 is 0. The van der Waals surface area contributed by atoms with Crippen molar-refractivity contribution in [2.45, 2.75) is 81.1 Å². The van der Waals surface area contributed by atoms with Gasteiger partial charge in [0.15, 0.2) is 27.3 Å².